The zero-order valence-electron chi connectivity index (χ0n) is 9.04. The molecule has 1 atom stereocenters. The van der Waals surface area contributed by atoms with E-state index in [9.17, 15) is 4.39 Å². The van der Waals surface area contributed by atoms with Gasteiger partial charge in [0.1, 0.15) is 5.82 Å². The number of fused-ring (bicyclic) bond motifs is 1. The predicted molar refractivity (Wildman–Crippen MR) is 60.5 cm³/mol. The average Bonchev–Trinajstić information content (AvgIpc) is 2.61. The third-order valence-electron chi connectivity index (χ3n) is 2.97. The Hall–Kier alpha value is -1.09. The van der Waals surface area contributed by atoms with Gasteiger partial charge in [0.05, 0.1) is 0 Å². The lowest BCUT2D eigenvalue weighted by atomic mass is 10.1. The molecule has 2 rings (SSSR count). The van der Waals surface area contributed by atoms with Crippen LogP contribution < -0.4 is 10.6 Å². The fourth-order valence-corrected chi connectivity index (χ4v) is 2.06. The second-order valence-electron chi connectivity index (χ2n) is 4.31. The predicted octanol–water partition coefficient (Wildman–Crippen LogP) is 1.78. The van der Waals surface area contributed by atoms with Gasteiger partial charge in [0.2, 0.25) is 0 Å². The van der Waals surface area contributed by atoms with E-state index < -0.39 is 0 Å². The van der Waals surface area contributed by atoms with Crippen molar-refractivity contribution in [2.75, 3.05) is 24.5 Å². The molecular formula is C12H17FN2. The number of hydrogen-bond donors (Lipinski definition) is 1. The van der Waals surface area contributed by atoms with Crippen LogP contribution in [0.4, 0.5) is 10.1 Å². The molecule has 0 amide bonds. The third kappa shape index (κ3) is 2.12. The molecule has 2 nitrogen and oxygen atoms in total. The standard InChI is InChI=1S/C12H17FN2/c1-9(7-14)8-15-5-4-10-2-3-11(13)6-12(10)15/h2-3,6,9H,4-5,7-8,14H2,1H3. The van der Waals surface area contributed by atoms with Crippen LogP contribution in [-0.2, 0) is 6.42 Å². The van der Waals surface area contributed by atoms with Crippen molar-refractivity contribution >= 4 is 5.69 Å². The Morgan fingerprint density at radius 1 is 1.53 bits per heavy atom. The van der Waals surface area contributed by atoms with Crippen molar-refractivity contribution in [1.82, 2.24) is 0 Å². The molecule has 0 fully saturated rings. The van der Waals surface area contributed by atoms with E-state index in [1.807, 2.05) is 6.07 Å². The molecule has 0 saturated carbocycles. The van der Waals surface area contributed by atoms with Gasteiger partial charge in [0.25, 0.3) is 0 Å². The number of benzene rings is 1. The Morgan fingerprint density at radius 3 is 3.07 bits per heavy atom. The van der Waals surface area contributed by atoms with E-state index in [1.165, 1.54) is 11.6 Å². The van der Waals surface area contributed by atoms with Gasteiger partial charge in [-0.25, -0.2) is 4.39 Å². The van der Waals surface area contributed by atoms with E-state index in [-0.39, 0.29) is 5.82 Å². The van der Waals surface area contributed by atoms with E-state index in [4.69, 9.17) is 5.73 Å². The summed E-state index contributed by atoms with van der Waals surface area (Å²) in [6, 6.07) is 5.05. The highest BCUT2D eigenvalue weighted by atomic mass is 19.1. The minimum Gasteiger partial charge on any atom is -0.371 e. The highest BCUT2D eigenvalue weighted by molar-refractivity contribution is 5.58. The van der Waals surface area contributed by atoms with Gasteiger partial charge < -0.3 is 10.6 Å². The van der Waals surface area contributed by atoms with Crippen LogP contribution in [0.3, 0.4) is 0 Å². The molecule has 1 aliphatic rings. The minimum absolute atomic E-state index is 0.152. The van der Waals surface area contributed by atoms with Crippen molar-refractivity contribution in [1.29, 1.82) is 0 Å². The summed E-state index contributed by atoms with van der Waals surface area (Å²) in [5.74, 6) is 0.306. The Bertz CT molecular complexity index is 351. The molecule has 1 aromatic carbocycles. The zero-order valence-corrected chi connectivity index (χ0v) is 9.04. The van der Waals surface area contributed by atoms with Gasteiger partial charge in [-0.05, 0) is 36.6 Å². The van der Waals surface area contributed by atoms with Crippen molar-refractivity contribution in [2.45, 2.75) is 13.3 Å². The van der Waals surface area contributed by atoms with Crippen LogP contribution in [0.25, 0.3) is 0 Å². The molecule has 1 aliphatic heterocycles. The lowest BCUT2D eigenvalue weighted by Crippen LogP contribution is -2.30. The molecule has 2 N–H and O–H groups in total. The van der Waals surface area contributed by atoms with Crippen molar-refractivity contribution in [3.63, 3.8) is 0 Å². The Kier molecular flexibility index (Phi) is 2.91. The van der Waals surface area contributed by atoms with Crippen LogP contribution in [0.1, 0.15) is 12.5 Å². The van der Waals surface area contributed by atoms with Crippen LogP contribution in [0.5, 0.6) is 0 Å². The molecule has 0 bridgehead atoms. The number of hydrogen-bond acceptors (Lipinski definition) is 2. The first-order valence-electron chi connectivity index (χ1n) is 5.44. The summed E-state index contributed by atoms with van der Waals surface area (Å²) >= 11 is 0. The second kappa shape index (κ2) is 4.19. The van der Waals surface area contributed by atoms with E-state index in [0.29, 0.717) is 12.5 Å². The van der Waals surface area contributed by atoms with E-state index in [1.54, 1.807) is 6.07 Å². The number of anilines is 1. The molecule has 1 heterocycles. The summed E-state index contributed by atoms with van der Waals surface area (Å²) in [4.78, 5) is 2.23. The lowest BCUT2D eigenvalue weighted by molar-refractivity contribution is 0.577. The summed E-state index contributed by atoms with van der Waals surface area (Å²) in [6.07, 6.45) is 1.02. The minimum atomic E-state index is -0.152. The summed E-state index contributed by atoms with van der Waals surface area (Å²) in [5.41, 5.74) is 7.90. The van der Waals surface area contributed by atoms with Gasteiger partial charge in [0, 0.05) is 18.8 Å². The van der Waals surface area contributed by atoms with Gasteiger partial charge in [-0.3, -0.25) is 0 Å². The fraction of sp³-hybridized carbons (Fsp3) is 0.500. The maximum Gasteiger partial charge on any atom is 0.125 e. The monoisotopic (exact) mass is 208 g/mol. The molecule has 15 heavy (non-hydrogen) atoms. The SMILES string of the molecule is CC(CN)CN1CCc2ccc(F)cc21. The molecule has 0 radical (unpaired) electrons. The van der Waals surface area contributed by atoms with Crippen LogP contribution >= 0.6 is 0 Å². The highest BCUT2D eigenvalue weighted by Crippen LogP contribution is 2.28. The van der Waals surface area contributed by atoms with Crippen molar-refractivity contribution in [2.24, 2.45) is 11.7 Å². The molecule has 0 aromatic heterocycles. The zero-order chi connectivity index (χ0) is 10.8. The molecular weight excluding hydrogens is 191 g/mol. The quantitative estimate of drug-likeness (QED) is 0.820. The van der Waals surface area contributed by atoms with Crippen LogP contribution in [0, 0.1) is 11.7 Å². The normalized spacial score (nSPS) is 16.6. The molecule has 0 saturated heterocycles. The number of rotatable bonds is 3. The highest BCUT2D eigenvalue weighted by Gasteiger charge is 2.20. The maximum atomic E-state index is 13.1. The van der Waals surface area contributed by atoms with Crippen LogP contribution in [0.15, 0.2) is 18.2 Å². The molecule has 3 heteroatoms. The first kappa shape index (κ1) is 10.4. The second-order valence-corrected chi connectivity index (χ2v) is 4.31. The summed E-state index contributed by atoms with van der Waals surface area (Å²) in [6.45, 7) is 4.72. The molecule has 1 unspecified atom stereocenters. The summed E-state index contributed by atoms with van der Waals surface area (Å²) < 4.78 is 13.1. The van der Waals surface area contributed by atoms with Crippen LogP contribution in [0.2, 0.25) is 0 Å². The van der Waals surface area contributed by atoms with Gasteiger partial charge in [0.15, 0.2) is 0 Å². The first-order valence-corrected chi connectivity index (χ1v) is 5.44. The number of nitrogens with two attached hydrogens (primary N) is 1. The Morgan fingerprint density at radius 2 is 2.33 bits per heavy atom. The number of nitrogens with zero attached hydrogens (tertiary/aromatic N) is 1. The maximum absolute atomic E-state index is 13.1. The van der Waals surface area contributed by atoms with Crippen LogP contribution in [-0.4, -0.2) is 19.6 Å². The Labute approximate surface area is 89.9 Å². The van der Waals surface area contributed by atoms with Gasteiger partial charge in [-0.15, -0.1) is 0 Å². The van der Waals surface area contributed by atoms with Gasteiger partial charge >= 0.3 is 0 Å². The summed E-state index contributed by atoms with van der Waals surface area (Å²) in [7, 11) is 0. The lowest BCUT2D eigenvalue weighted by Gasteiger charge is -2.22. The van der Waals surface area contributed by atoms with Gasteiger partial charge in [-0.1, -0.05) is 13.0 Å². The van der Waals surface area contributed by atoms with Crippen molar-refractivity contribution < 1.29 is 4.39 Å². The molecule has 0 spiro atoms. The third-order valence-corrected chi connectivity index (χ3v) is 2.97. The average molecular weight is 208 g/mol. The van der Waals surface area contributed by atoms with Gasteiger partial charge in [-0.2, -0.15) is 0 Å². The number of halogens is 1. The topological polar surface area (TPSA) is 29.3 Å². The summed E-state index contributed by atoms with van der Waals surface area (Å²) in [5, 5.41) is 0. The fourth-order valence-electron chi connectivity index (χ4n) is 2.06. The largest absolute Gasteiger partial charge is 0.371 e. The molecule has 1 aromatic rings. The van der Waals surface area contributed by atoms with E-state index in [0.717, 1.165) is 25.2 Å². The molecule has 82 valence electrons. The smallest absolute Gasteiger partial charge is 0.125 e. The Balaban J connectivity index is 2.16. The first-order chi connectivity index (χ1) is 7.20. The van der Waals surface area contributed by atoms with Crippen molar-refractivity contribution in [3.05, 3.63) is 29.6 Å². The van der Waals surface area contributed by atoms with E-state index in [2.05, 4.69) is 11.8 Å². The van der Waals surface area contributed by atoms with Crippen molar-refractivity contribution in [3.8, 4) is 0 Å². The molecule has 0 aliphatic carbocycles. The van der Waals surface area contributed by atoms with E-state index >= 15 is 0 Å².